The lowest BCUT2D eigenvalue weighted by Crippen LogP contribution is -2.61. The monoisotopic (exact) mass is 979 g/mol. The van der Waals surface area contributed by atoms with Gasteiger partial charge in [0.25, 0.3) is 0 Å². The summed E-state index contributed by atoms with van der Waals surface area (Å²) in [6, 6.07) is 0. The number of unbranched alkanes of at least 4 members (excludes halogenated alkanes) is 30. The quantitative estimate of drug-likeness (QED) is 0.0228. The fraction of sp³-hybridized carbons (Fsp3) is 0.860. The lowest BCUT2D eigenvalue weighted by Gasteiger charge is -2.40. The molecular weight excluding hydrogens is 877 g/mol. The number of carbonyl (C=O) groups is 4. The van der Waals surface area contributed by atoms with E-state index in [1.54, 1.807) is 0 Å². The topological polar surface area (TPSA) is 175 Å². The summed E-state index contributed by atoms with van der Waals surface area (Å²) in [6.45, 7) is 5.92. The van der Waals surface area contributed by atoms with Crippen molar-refractivity contribution in [3.63, 3.8) is 0 Å². The van der Waals surface area contributed by atoms with Gasteiger partial charge in [0.15, 0.2) is 24.6 Å². The third-order valence-electron chi connectivity index (χ3n) is 13.0. The van der Waals surface area contributed by atoms with Gasteiger partial charge in [-0.05, 0) is 64.2 Å². The summed E-state index contributed by atoms with van der Waals surface area (Å²) in [6.07, 6.45) is 38.9. The minimum Gasteiger partial charge on any atom is -0.479 e. The van der Waals surface area contributed by atoms with Gasteiger partial charge in [0.05, 0.1) is 6.61 Å². The van der Waals surface area contributed by atoms with Crippen molar-refractivity contribution in [3.05, 3.63) is 24.3 Å². The van der Waals surface area contributed by atoms with Crippen LogP contribution in [0.25, 0.3) is 0 Å². The summed E-state index contributed by atoms with van der Waals surface area (Å²) in [5.41, 5.74) is 0. The number of hydrogen-bond acceptors (Lipinski definition) is 11. The molecule has 0 saturated carbocycles. The number of allylic oxidation sites excluding steroid dienone is 4. The van der Waals surface area contributed by atoms with E-state index in [0.29, 0.717) is 19.3 Å². The van der Waals surface area contributed by atoms with Crippen molar-refractivity contribution in [2.24, 2.45) is 0 Å². The molecule has 1 saturated heterocycles. The van der Waals surface area contributed by atoms with E-state index in [0.717, 1.165) is 89.9 Å². The van der Waals surface area contributed by atoms with Crippen LogP contribution in [-0.2, 0) is 42.9 Å². The van der Waals surface area contributed by atoms with Gasteiger partial charge < -0.3 is 39.0 Å². The maximum absolute atomic E-state index is 13.0. The molecule has 1 aliphatic heterocycles. The normalized spacial score (nSPS) is 18.8. The standard InChI is InChI=1S/C57H102O12/c1-4-7-10-13-16-19-21-22-23-24-25-26-27-28-30-33-36-39-42-45-51(60)68-55-53(62)52(61)54(56(63)64)69-57(55)66-47-48(67-50(59)44-41-38-35-31-18-15-12-9-6-3)46-65-49(58)43-40-37-34-32-29-20-17-14-11-8-5-2/h14,17,22-23,48,52-55,57,61-62H,4-13,15-16,18-21,24-47H2,1-3H3,(H,63,64)/b17-14-,23-22-. The second kappa shape index (κ2) is 46.3. The zero-order valence-electron chi connectivity index (χ0n) is 44.1. The van der Waals surface area contributed by atoms with E-state index in [9.17, 15) is 34.5 Å². The summed E-state index contributed by atoms with van der Waals surface area (Å²) in [5, 5.41) is 31.4. The highest BCUT2D eigenvalue weighted by molar-refractivity contribution is 5.74. The Bertz CT molecular complexity index is 1300. The number of aliphatic carboxylic acids is 1. The summed E-state index contributed by atoms with van der Waals surface area (Å²) in [7, 11) is 0. The third-order valence-corrected chi connectivity index (χ3v) is 13.0. The van der Waals surface area contributed by atoms with Crippen LogP contribution in [0.5, 0.6) is 0 Å². The van der Waals surface area contributed by atoms with E-state index in [-0.39, 0.29) is 25.9 Å². The Morgan fingerprint density at radius 1 is 0.464 bits per heavy atom. The Labute approximate surface area is 419 Å². The molecule has 6 unspecified atom stereocenters. The number of aliphatic hydroxyl groups is 2. The van der Waals surface area contributed by atoms with E-state index in [1.807, 2.05) is 0 Å². The molecule has 0 spiro atoms. The second-order valence-electron chi connectivity index (χ2n) is 19.6. The Morgan fingerprint density at radius 3 is 1.28 bits per heavy atom. The molecule has 0 bridgehead atoms. The summed E-state index contributed by atoms with van der Waals surface area (Å²) in [5.74, 6) is -3.11. The summed E-state index contributed by atoms with van der Waals surface area (Å²) in [4.78, 5) is 50.8. The minimum atomic E-state index is -1.90. The third kappa shape index (κ3) is 36.7. The van der Waals surface area contributed by atoms with Gasteiger partial charge in [-0.2, -0.15) is 0 Å². The molecule has 1 rings (SSSR count). The average molecular weight is 979 g/mol. The van der Waals surface area contributed by atoms with Crippen LogP contribution in [0.2, 0.25) is 0 Å². The first kappa shape index (κ1) is 64.2. The average Bonchev–Trinajstić information content (AvgIpc) is 3.33. The molecule has 1 heterocycles. The molecule has 12 heteroatoms. The second-order valence-corrected chi connectivity index (χ2v) is 19.6. The van der Waals surface area contributed by atoms with Crippen LogP contribution in [-0.4, -0.2) is 89.2 Å². The largest absolute Gasteiger partial charge is 0.479 e. The van der Waals surface area contributed by atoms with Crippen molar-refractivity contribution in [2.45, 2.75) is 302 Å². The molecule has 3 N–H and O–H groups in total. The van der Waals surface area contributed by atoms with Gasteiger partial charge in [0, 0.05) is 19.3 Å². The fourth-order valence-electron chi connectivity index (χ4n) is 8.58. The van der Waals surface area contributed by atoms with E-state index in [1.165, 1.54) is 116 Å². The highest BCUT2D eigenvalue weighted by Gasteiger charge is 2.50. The maximum Gasteiger partial charge on any atom is 0.335 e. The van der Waals surface area contributed by atoms with Crippen molar-refractivity contribution in [1.29, 1.82) is 0 Å². The van der Waals surface area contributed by atoms with Crippen LogP contribution in [0.1, 0.15) is 265 Å². The molecule has 6 atom stereocenters. The molecule has 0 aromatic carbocycles. The van der Waals surface area contributed by atoms with E-state index in [4.69, 9.17) is 23.7 Å². The molecule has 0 aromatic rings. The van der Waals surface area contributed by atoms with Gasteiger partial charge in [-0.15, -0.1) is 0 Å². The highest BCUT2D eigenvalue weighted by Crippen LogP contribution is 2.26. The van der Waals surface area contributed by atoms with Crippen molar-refractivity contribution in [2.75, 3.05) is 13.2 Å². The van der Waals surface area contributed by atoms with Gasteiger partial charge >= 0.3 is 23.9 Å². The number of rotatable bonds is 48. The molecular formula is C57H102O12. The maximum atomic E-state index is 13.0. The lowest BCUT2D eigenvalue weighted by atomic mass is 9.98. The van der Waals surface area contributed by atoms with Crippen LogP contribution in [0, 0.1) is 0 Å². The molecule has 402 valence electrons. The number of carboxylic acid groups (broad SMARTS) is 1. The van der Waals surface area contributed by atoms with E-state index >= 15 is 0 Å². The summed E-state index contributed by atoms with van der Waals surface area (Å²) < 4.78 is 28.3. The van der Waals surface area contributed by atoms with Crippen molar-refractivity contribution >= 4 is 23.9 Å². The highest BCUT2D eigenvalue weighted by atomic mass is 16.7. The van der Waals surface area contributed by atoms with Crippen LogP contribution in [0.15, 0.2) is 24.3 Å². The molecule has 0 amide bonds. The Morgan fingerprint density at radius 2 is 0.841 bits per heavy atom. The number of carbonyl (C=O) groups excluding carboxylic acids is 3. The van der Waals surface area contributed by atoms with Gasteiger partial charge in [-0.1, -0.05) is 206 Å². The number of ether oxygens (including phenoxy) is 5. The predicted octanol–water partition coefficient (Wildman–Crippen LogP) is 13.9. The number of esters is 3. The SMILES string of the molecule is CCCC/C=C\CCCCCCCC(=O)OCC(COC1OC(C(=O)O)C(O)C(O)C1OC(=O)CCCCCCCCCCC/C=C\CCCCCCCC)OC(=O)CCCCCCCCCCC. The summed E-state index contributed by atoms with van der Waals surface area (Å²) >= 11 is 0. The smallest absolute Gasteiger partial charge is 0.335 e. The van der Waals surface area contributed by atoms with Gasteiger partial charge in [0.2, 0.25) is 0 Å². The van der Waals surface area contributed by atoms with Crippen molar-refractivity contribution in [1.82, 2.24) is 0 Å². The molecule has 1 aliphatic rings. The van der Waals surface area contributed by atoms with Crippen molar-refractivity contribution < 1.29 is 58.2 Å². The Balaban J connectivity index is 2.63. The van der Waals surface area contributed by atoms with Crippen LogP contribution >= 0.6 is 0 Å². The number of hydrogen-bond donors (Lipinski definition) is 3. The van der Waals surface area contributed by atoms with Crippen LogP contribution in [0.4, 0.5) is 0 Å². The van der Waals surface area contributed by atoms with Gasteiger partial charge in [-0.3, -0.25) is 14.4 Å². The first-order chi connectivity index (χ1) is 33.6. The molecule has 0 aromatic heterocycles. The molecule has 69 heavy (non-hydrogen) atoms. The van der Waals surface area contributed by atoms with E-state index in [2.05, 4.69) is 45.1 Å². The van der Waals surface area contributed by atoms with Crippen molar-refractivity contribution in [3.8, 4) is 0 Å². The predicted molar refractivity (Wildman–Crippen MR) is 276 cm³/mol. The molecule has 0 aliphatic carbocycles. The molecule has 1 fully saturated rings. The van der Waals surface area contributed by atoms with E-state index < -0.39 is 67.3 Å². The number of carboxylic acids is 1. The molecule has 12 nitrogen and oxygen atoms in total. The number of aliphatic hydroxyl groups excluding tert-OH is 2. The van der Waals surface area contributed by atoms with Gasteiger partial charge in [0.1, 0.15) is 18.8 Å². The Kier molecular flexibility index (Phi) is 43.1. The van der Waals surface area contributed by atoms with Crippen LogP contribution < -0.4 is 0 Å². The Hall–Kier alpha value is -2.80. The first-order valence-corrected chi connectivity index (χ1v) is 28.3. The zero-order valence-corrected chi connectivity index (χ0v) is 44.1. The lowest BCUT2D eigenvalue weighted by molar-refractivity contribution is -0.301. The van der Waals surface area contributed by atoms with Crippen LogP contribution in [0.3, 0.4) is 0 Å². The molecule has 0 radical (unpaired) electrons. The first-order valence-electron chi connectivity index (χ1n) is 28.3. The van der Waals surface area contributed by atoms with Gasteiger partial charge in [-0.25, -0.2) is 4.79 Å². The fourth-order valence-corrected chi connectivity index (χ4v) is 8.58. The minimum absolute atomic E-state index is 0.0618. The zero-order chi connectivity index (χ0) is 50.4.